The van der Waals surface area contributed by atoms with Crippen molar-refractivity contribution in [1.82, 2.24) is 9.80 Å². The van der Waals surface area contributed by atoms with Gasteiger partial charge < -0.3 is 10.0 Å². The van der Waals surface area contributed by atoms with Crippen LogP contribution in [0.25, 0.3) is 0 Å². The molecule has 2 N–H and O–H groups in total. The van der Waals surface area contributed by atoms with Crippen LogP contribution in [0.5, 0.6) is 0 Å². The summed E-state index contributed by atoms with van der Waals surface area (Å²) < 4.78 is 13.2. The summed E-state index contributed by atoms with van der Waals surface area (Å²) in [6.07, 6.45) is 0. The van der Waals surface area contributed by atoms with Crippen LogP contribution in [0.1, 0.15) is 19.4 Å². The summed E-state index contributed by atoms with van der Waals surface area (Å²) in [5, 5.41) is 18.7. The van der Waals surface area contributed by atoms with Gasteiger partial charge in [0.05, 0.1) is 0 Å². The average molecular weight is 280 g/mol. The van der Waals surface area contributed by atoms with Gasteiger partial charge in [0, 0.05) is 38.8 Å². The smallest absolute Gasteiger partial charge is 0.423 e. The van der Waals surface area contributed by atoms with Gasteiger partial charge in [-0.2, -0.15) is 0 Å². The molecule has 1 saturated heterocycles. The fourth-order valence-corrected chi connectivity index (χ4v) is 2.63. The number of hydrogen-bond donors (Lipinski definition) is 2. The van der Waals surface area contributed by atoms with Gasteiger partial charge in [-0.25, -0.2) is 4.39 Å². The van der Waals surface area contributed by atoms with Crippen molar-refractivity contribution in [3.05, 3.63) is 29.6 Å². The van der Waals surface area contributed by atoms with Crippen molar-refractivity contribution in [2.45, 2.75) is 26.4 Å². The summed E-state index contributed by atoms with van der Waals surface area (Å²) >= 11 is 0. The summed E-state index contributed by atoms with van der Waals surface area (Å²) in [6.45, 7) is 8.91. The van der Waals surface area contributed by atoms with E-state index >= 15 is 0 Å². The quantitative estimate of drug-likeness (QED) is 0.764. The van der Waals surface area contributed by atoms with Crippen molar-refractivity contribution in [3.8, 4) is 0 Å². The van der Waals surface area contributed by atoms with E-state index in [4.69, 9.17) is 0 Å². The molecule has 1 aliphatic rings. The average Bonchev–Trinajstić information content (AvgIpc) is 2.41. The van der Waals surface area contributed by atoms with E-state index in [1.165, 1.54) is 12.1 Å². The highest BCUT2D eigenvalue weighted by molar-refractivity contribution is 6.59. The van der Waals surface area contributed by atoms with E-state index in [1.807, 2.05) is 0 Å². The van der Waals surface area contributed by atoms with Crippen LogP contribution in [-0.2, 0) is 6.54 Å². The summed E-state index contributed by atoms with van der Waals surface area (Å²) in [6, 6.07) is 4.76. The lowest BCUT2D eigenvalue weighted by Crippen LogP contribution is -2.49. The third-order valence-corrected chi connectivity index (χ3v) is 3.92. The summed E-state index contributed by atoms with van der Waals surface area (Å²) in [5.41, 5.74) is 1.04. The second-order valence-corrected chi connectivity index (χ2v) is 5.62. The summed E-state index contributed by atoms with van der Waals surface area (Å²) in [5.74, 6) is -0.443. The Kier molecular flexibility index (Phi) is 5.15. The minimum absolute atomic E-state index is 0.260. The van der Waals surface area contributed by atoms with Gasteiger partial charge in [-0.3, -0.25) is 9.80 Å². The molecule has 0 aromatic heterocycles. The lowest BCUT2D eigenvalue weighted by molar-refractivity contribution is 0.104. The van der Waals surface area contributed by atoms with Crippen LogP contribution in [0.2, 0.25) is 0 Å². The molecule has 0 spiro atoms. The van der Waals surface area contributed by atoms with Crippen molar-refractivity contribution in [1.29, 1.82) is 0 Å². The SMILES string of the molecule is CC(C)N1CCN(Cc2ccc(F)cc2B(O)O)CC1. The molecule has 2 rings (SSSR count). The molecular weight excluding hydrogens is 258 g/mol. The van der Waals surface area contributed by atoms with Gasteiger partial charge in [0.25, 0.3) is 0 Å². The fourth-order valence-electron chi connectivity index (χ4n) is 2.63. The number of hydrogen-bond acceptors (Lipinski definition) is 4. The van der Waals surface area contributed by atoms with Gasteiger partial charge in [-0.05, 0) is 37.0 Å². The number of benzene rings is 1. The second kappa shape index (κ2) is 6.67. The number of halogens is 1. The maximum atomic E-state index is 13.2. The van der Waals surface area contributed by atoms with E-state index in [2.05, 4.69) is 23.6 Å². The van der Waals surface area contributed by atoms with E-state index in [9.17, 15) is 14.4 Å². The molecule has 0 radical (unpaired) electrons. The Hall–Kier alpha value is -0.945. The Labute approximate surface area is 120 Å². The molecule has 0 unspecified atom stereocenters. The Morgan fingerprint density at radius 2 is 1.85 bits per heavy atom. The van der Waals surface area contributed by atoms with E-state index in [0.717, 1.165) is 31.7 Å². The summed E-state index contributed by atoms with van der Waals surface area (Å²) in [7, 11) is -1.63. The zero-order valence-corrected chi connectivity index (χ0v) is 12.1. The minimum Gasteiger partial charge on any atom is -0.423 e. The van der Waals surface area contributed by atoms with Crippen molar-refractivity contribution in [3.63, 3.8) is 0 Å². The molecule has 0 atom stereocenters. The van der Waals surface area contributed by atoms with Crippen LogP contribution < -0.4 is 5.46 Å². The Morgan fingerprint density at radius 3 is 2.40 bits per heavy atom. The molecule has 0 saturated carbocycles. The van der Waals surface area contributed by atoms with Crippen LogP contribution in [0.3, 0.4) is 0 Å². The zero-order chi connectivity index (χ0) is 14.7. The first-order valence-electron chi connectivity index (χ1n) is 7.08. The van der Waals surface area contributed by atoms with Gasteiger partial charge in [-0.1, -0.05) is 6.07 Å². The summed E-state index contributed by atoms with van der Waals surface area (Å²) in [4.78, 5) is 4.68. The molecule has 1 heterocycles. The van der Waals surface area contributed by atoms with Crippen LogP contribution in [-0.4, -0.2) is 59.2 Å². The maximum Gasteiger partial charge on any atom is 0.488 e. The third kappa shape index (κ3) is 3.79. The highest BCUT2D eigenvalue weighted by Gasteiger charge is 2.22. The highest BCUT2D eigenvalue weighted by Crippen LogP contribution is 2.10. The van der Waals surface area contributed by atoms with Gasteiger partial charge in [0.15, 0.2) is 0 Å². The molecule has 1 aromatic rings. The Morgan fingerprint density at radius 1 is 1.20 bits per heavy atom. The van der Waals surface area contributed by atoms with E-state index in [-0.39, 0.29) is 5.46 Å². The van der Waals surface area contributed by atoms with Crippen molar-refractivity contribution < 1.29 is 14.4 Å². The van der Waals surface area contributed by atoms with Crippen molar-refractivity contribution in [2.75, 3.05) is 26.2 Å². The Bertz CT molecular complexity index is 449. The van der Waals surface area contributed by atoms with Crippen LogP contribution in [0.4, 0.5) is 4.39 Å². The molecule has 0 amide bonds. The van der Waals surface area contributed by atoms with Gasteiger partial charge >= 0.3 is 7.12 Å². The zero-order valence-electron chi connectivity index (χ0n) is 12.1. The molecule has 0 aliphatic carbocycles. The van der Waals surface area contributed by atoms with E-state index in [1.54, 1.807) is 6.07 Å². The highest BCUT2D eigenvalue weighted by atomic mass is 19.1. The molecule has 110 valence electrons. The second-order valence-electron chi connectivity index (χ2n) is 5.62. The normalized spacial score (nSPS) is 17.7. The number of piperazine rings is 1. The minimum atomic E-state index is -1.63. The van der Waals surface area contributed by atoms with Crippen LogP contribution >= 0.6 is 0 Å². The van der Waals surface area contributed by atoms with Crippen LogP contribution in [0.15, 0.2) is 18.2 Å². The van der Waals surface area contributed by atoms with Crippen molar-refractivity contribution >= 4 is 12.6 Å². The molecule has 1 fully saturated rings. The predicted octanol–water partition coefficient (Wildman–Crippen LogP) is 0.0315. The van der Waals surface area contributed by atoms with Crippen LogP contribution in [0, 0.1) is 5.82 Å². The third-order valence-electron chi connectivity index (χ3n) is 3.92. The fraction of sp³-hybridized carbons (Fsp3) is 0.571. The van der Waals surface area contributed by atoms with Gasteiger partial charge in [0.1, 0.15) is 5.82 Å². The Balaban J connectivity index is 2.01. The lowest BCUT2D eigenvalue weighted by atomic mass is 9.77. The van der Waals surface area contributed by atoms with E-state index < -0.39 is 12.9 Å². The van der Waals surface area contributed by atoms with E-state index in [0.29, 0.717) is 12.6 Å². The molecule has 4 nitrogen and oxygen atoms in total. The standard InChI is InChI=1S/C14H22BFN2O2/c1-11(2)18-7-5-17(6-8-18)10-12-3-4-13(16)9-14(12)15(19)20/h3-4,9,11,19-20H,5-8,10H2,1-2H3. The molecule has 20 heavy (non-hydrogen) atoms. The molecular formula is C14H22BFN2O2. The van der Waals surface area contributed by atoms with Crippen molar-refractivity contribution in [2.24, 2.45) is 0 Å². The number of nitrogens with zero attached hydrogens (tertiary/aromatic N) is 2. The first-order chi connectivity index (χ1) is 9.47. The molecule has 0 bridgehead atoms. The monoisotopic (exact) mass is 280 g/mol. The first kappa shape index (κ1) is 15.4. The molecule has 1 aromatic carbocycles. The maximum absolute atomic E-state index is 13.2. The lowest BCUT2D eigenvalue weighted by Gasteiger charge is -2.37. The predicted molar refractivity (Wildman–Crippen MR) is 78.2 cm³/mol. The largest absolute Gasteiger partial charge is 0.488 e. The topological polar surface area (TPSA) is 46.9 Å². The molecule has 6 heteroatoms. The number of rotatable bonds is 4. The first-order valence-corrected chi connectivity index (χ1v) is 7.08. The van der Waals surface area contributed by atoms with Gasteiger partial charge in [0.2, 0.25) is 0 Å². The molecule has 1 aliphatic heterocycles. The van der Waals surface area contributed by atoms with Gasteiger partial charge in [-0.15, -0.1) is 0 Å².